The first kappa shape index (κ1) is 28.2. The van der Waals surface area contributed by atoms with E-state index in [2.05, 4.69) is 30.8 Å². The van der Waals surface area contributed by atoms with Crippen LogP contribution in [0.15, 0.2) is 0 Å². The third-order valence-electron chi connectivity index (χ3n) is 1.12. The van der Waals surface area contributed by atoms with Crippen LogP contribution in [0.3, 0.4) is 0 Å². The fourth-order valence-electron chi connectivity index (χ4n) is 0.534. The number of hydrogen-bond acceptors (Lipinski definition) is 8. The molecule has 0 spiro atoms. The zero-order chi connectivity index (χ0) is 23.5. The summed E-state index contributed by atoms with van der Waals surface area (Å²) in [7, 11) is 4.81. The standard InChI is InChI=1S/C5H7ClO3.C5H8O3.CHCl3.Cl2O2S/c1-2-9-5(8)4(6)3-7;1-2-8-5(7)3-4-6;2-1(3)4;1-5(2,3)4/h3-4H,2H2,1H3;4H,2-3H2,1H3;1H;/i3D;4D;;. The first-order chi connectivity index (χ1) is 12.5. The van der Waals surface area contributed by atoms with Gasteiger partial charge in [-0.05, 0) is 13.8 Å². The quantitative estimate of drug-likeness (QED) is 0.171. The molecule has 1 unspecified atom stereocenters. The van der Waals surface area contributed by atoms with Crippen LogP contribution in [-0.2, 0) is 36.9 Å². The van der Waals surface area contributed by atoms with Crippen molar-refractivity contribution in [1.29, 1.82) is 0 Å². The van der Waals surface area contributed by atoms with Crippen molar-refractivity contribution in [2.45, 2.75) is 29.9 Å². The van der Waals surface area contributed by atoms with Gasteiger partial charge in [-0.25, -0.2) is 4.79 Å². The highest BCUT2D eigenvalue weighted by Crippen LogP contribution is 2.03. The number of carbonyl (C=O) groups excluding carboxylic acids is 4. The van der Waals surface area contributed by atoms with E-state index in [4.69, 9.17) is 57.6 Å². The van der Waals surface area contributed by atoms with Crippen molar-refractivity contribution in [2.24, 2.45) is 0 Å². The lowest BCUT2D eigenvalue weighted by Crippen LogP contribution is -2.18. The summed E-state index contributed by atoms with van der Waals surface area (Å²) in [6, 6.07) is 0. The monoisotopic (exact) mass is 520 g/mol. The molecule has 0 radical (unpaired) electrons. The lowest BCUT2D eigenvalue weighted by Gasteiger charge is -1.99. The maximum Gasteiger partial charge on any atom is 0.331 e. The molecule has 0 aromatic rings. The molecule has 0 heterocycles. The summed E-state index contributed by atoms with van der Waals surface area (Å²) in [6.07, 6.45) is -2.48. The van der Waals surface area contributed by atoms with Crippen LogP contribution in [0.25, 0.3) is 0 Å². The SMILES string of the molecule is ClC(Cl)Cl.O=S(=O)(Cl)Cl.[2H]C(=O)C(Cl)C(=O)OCC.[2H]C(=O)CC(=O)OCC. The van der Waals surface area contributed by atoms with Gasteiger partial charge in [0.25, 0.3) is 0 Å². The Morgan fingerprint density at radius 1 is 1.04 bits per heavy atom. The molecule has 156 valence electrons. The summed E-state index contributed by atoms with van der Waals surface area (Å²) in [5.41, 5.74) is 0. The van der Waals surface area contributed by atoms with Crippen molar-refractivity contribution in [1.82, 2.24) is 0 Å². The van der Waals surface area contributed by atoms with Gasteiger partial charge in [0.1, 0.15) is 21.7 Å². The fourth-order valence-corrected chi connectivity index (χ4v) is 0.597. The lowest BCUT2D eigenvalue weighted by atomic mass is 10.5. The van der Waals surface area contributed by atoms with Crippen molar-refractivity contribution >= 4 is 100 Å². The van der Waals surface area contributed by atoms with E-state index in [-0.39, 0.29) is 13.2 Å². The van der Waals surface area contributed by atoms with Crippen LogP contribution in [0, 0.1) is 0 Å². The number of carbonyl (C=O) groups is 4. The van der Waals surface area contributed by atoms with Gasteiger partial charge in [0, 0.05) is 21.4 Å². The molecule has 8 nitrogen and oxygen atoms in total. The zero-order valence-electron chi connectivity index (χ0n) is 15.2. The average molecular weight is 523 g/mol. The Labute approximate surface area is 183 Å². The van der Waals surface area contributed by atoms with Crippen LogP contribution in [-0.4, -0.2) is 55.8 Å². The molecule has 0 aliphatic carbocycles. The Kier molecular flexibility index (Phi) is 24.9. The van der Waals surface area contributed by atoms with Crippen LogP contribution in [0.2, 0.25) is 0 Å². The molecule has 0 aliphatic rings. The van der Waals surface area contributed by atoms with Gasteiger partial charge in [-0.2, -0.15) is 8.42 Å². The molecule has 0 aliphatic heterocycles. The Morgan fingerprint density at radius 2 is 1.38 bits per heavy atom. The first-order valence-electron chi connectivity index (χ1n) is 7.02. The Hall–Kier alpha value is -0.0300. The predicted molar refractivity (Wildman–Crippen MR) is 102 cm³/mol. The summed E-state index contributed by atoms with van der Waals surface area (Å²) >= 11 is 19.6. The number of aldehydes is 2. The van der Waals surface area contributed by atoms with Gasteiger partial charge in [0.05, 0.1) is 13.2 Å². The van der Waals surface area contributed by atoms with Crippen LogP contribution in [0.4, 0.5) is 0 Å². The zero-order valence-corrected chi connectivity index (χ0v) is 18.6. The van der Waals surface area contributed by atoms with Crippen molar-refractivity contribution < 1.29 is 39.8 Å². The summed E-state index contributed by atoms with van der Waals surface area (Å²) in [5, 5.41) is -1.47. The summed E-state index contributed by atoms with van der Waals surface area (Å²) < 4.78 is 39.1. The molecule has 0 saturated heterocycles. The van der Waals surface area contributed by atoms with Crippen molar-refractivity contribution in [3.63, 3.8) is 0 Å². The minimum atomic E-state index is -3.72. The summed E-state index contributed by atoms with van der Waals surface area (Å²) in [6.45, 7) is 3.66. The van der Waals surface area contributed by atoms with Crippen molar-refractivity contribution in [3.8, 4) is 0 Å². The van der Waals surface area contributed by atoms with E-state index in [1.165, 1.54) is 0 Å². The predicted octanol–water partition coefficient (Wildman–Crippen LogP) is 3.19. The summed E-state index contributed by atoms with van der Waals surface area (Å²) in [4.78, 5) is 40.8. The second kappa shape index (κ2) is 23.0. The second-order valence-electron chi connectivity index (χ2n) is 2.98. The van der Waals surface area contributed by atoms with E-state index in [9.17, 15) is 19.2 Å². The van der Waals surface area contributed by atoms with Gasteiger partial charge in [-0.1, -0.05) is 34.8 Å². The van der Waals surface area contributed by atoms with Gasteiger partial charge in [0.2, 0.25) is 0 Å². The fraction of sp³-hybridized carbons (Fsp3) is 0.636. The third-order valence-corrected chi connectivity index (χ3v) is 1.39. The highest BCUT2D eigenvalue weighted by atomic mass is 36.0. The van der Waals surface area contributed by atoms with E-state index in [1.807, 2.05) is 0 Å². The van der Waals surface area contributed by atoms with Gasteiger partial charge >= 0.3 is 20.2 Å². The minimum absolute atomic E-state index is 0.162. The molecular formula is C11H16Cl6O8S. The average Bonchev–Trinajstić information content (AvgIpc) is 2.44. The number of hydrogen-bond donors (Lipinski definition) is 0. The molecule has 26 heavy (non-hydrogen) atoms. The largest absolute Gasteiger partial charge is 0.466 e. The first-order valence-corrected chi connectivity index (χ1v) is 10.9. The van der Waals surface area contributed by atoms with Crippen LogP contribution in [0.1, 0.15) is 23.0 Å². The molecule has 15 heteroatoms. The summed E-state index contributed by atoms with van der Waals surface area (Å²) in [5.74, 6) is -1.48. The van der Waals surface area contributed by atoms with Crippen LogP contribution in [0.5, 0.6) is 0 Å². The Bertz CT molecular complexity index is 565. The van der Waals surface area contributed by atoms with Crippen molar-refractivity contribution in [2.75, 3.05) is 13.2 Å². The topological polar surface area (TPSA) is 121 Å². The normalized spacial score (nSPS) is 11.4. The molecule has 0 saturated carbocycles. The Balaban J connectivity index is -0.000000146. The number of alkyl halides is 4. The van der Waals surface area contributed by atoms with Gasteiger partial charge in [0.15, 0.2) is 9.67 Å². The highest BCUT2D eigenvalue weighted by molar-refractivity contribution is 8.31. The molecule has 0 aromatic carbocycles. The van der Waals surface area contributed by atoms with E-state index in [1.54, 1.807) is 13.8 Å². The molecule has 0 N–H and O–H groups in total. The Morgan fingerprint density at radius 3 is 1.62 bits per heavy atom. The molecule has 0 aromatic heterocycles. The minimum Gasteiger partial charge on any atom is -0.466 e. The van der Waals surface area contributed by atoms with Crippen LogP contribution >= 0.6 is 67.8 Å². The molecule has 0 bridgehead atoms. The maximum atomic E-state index is 10.5. The molecule has 1 atom stereocenters. The van der Waals surface area contributed by atoms with E-state index in [0.29, 0.717) is 0 Å². The number of ether oxygens (including phenoxy) is 2. The van der Waals surface area contributed by atoms with Crippen LogP contribution < -0.4 is 0 Å². The number of esters is 2. The maximum absolute atomic E-state index is 10.5. The highest BCUT2D eigenvalue weighted by Gasteiger charge is 2.13. The smallest absolute Gasteiger partial charge is 0.331 e. The third kappa shape index (κ3) is 56.4. The van der Waals surface area contributed by atoms with Gasteiger partial charge in [-0.3, -0.25) is 4.79 Å². The molecule has 0 rings (SSSR count). The van der Waals surface area contributed by atoms with E-state index in [0.717, 1.165) is 0 Å². The van der Waals surface area contributed by atoms with Gasteiger partial charge in [-0.15, -0.1) is 11.6 Å². The van der Waals surface area contributed by atoms with Gasteiger partial charge < -0.3 is 19.1 Å². The molecular weight excluding hydrogens is 505 g/mol. The van der Waals surface area contributed by atoms with E-state index >= 15 is 0 Å². The molecule has 0 amide bonds. The van der Waals surface area contributed by atoms with E-state index < -0.39 is 48.8 Å². The second-order valence-corrected chi connectivity index (χ2v) is 9.07. The van der Waals surface area contributed by atoms with Crippen molar-refractivity contribution in [3.05, 3.63) is 0 Å². The molecule has 0 fully saturated rings. The number of halogens is 6. The lowest BCUT2D eigenvalue weighted by molar-refractivity contribution is -0.145. The number of rotatable bonds is 6.